The normalized spacial score (nSPS) is 11.6. The molecule has 0 aliphatic carbocycles. The van der Waals surface area contributed by atoms with Crippen LogP contribution < -0.4 is 0 Å². The lowest BCUT2D eigenvalue weighted by Crippen LogP contribution is -1.82. The molecule has 2 heteroatoms. The number of hydrogen-bond acceptors (Lipinski definition) is 1. The minimum absolute atomic E-state index is 0.402. The molecule has 0 aliphatic rings. The minimum Gasteiger partial charge on any atom is -0.346 e. The summed E-state index contributed by atoms with van der Waals surface area (Å²) in [4.78, 5) is 7.09. The number of aromatic amines is 1. The van der Waals surface area contributed by atoms with Gasteiger partial charge in [0, 0.05) is 18.3 Å². The Kier molecular flexibility index (Phi) is 1.49. The van der Waals surface area contributed by atoms with Gasteiger partial charge in [-0.1, -0.05) is 13.8 Å². The highest BCUT2D eigenvalue weighted by atomic mass is 14.9. The van der Waals surface area contributed by atoms with Gasteiger partial charge in [0.25, 0.3) is 0 Å². The summed E-state index contributed by atoms with van der Waals surface area (Å²) in [5.74, 6) is 0.918. The summed E-state index contributed by atoms with van der Waals surface area (Å²) in [6.07, 6.45) is 2.15. The van der Waals surface area contributed by atoms with Crippen molar-refractivity contribution in [1.82, 2.24) is 9.97 Å². The van der Waals surface area contributed by atoms with Gasteiger partial charge in [-0.25, -0.2) is 4.98 Å². The van der Waals surface area contributed by atoms with Crippen LogP contribution in [0.3, 0.4) is 0 Å². The second-order valence-electron chi connectivity index (χ2n) is 1.98. The van der Waals surface area contributed by atoms with E-state index in [0.717, 1.165) is 24.4 Å². The van der Waals surface area contributed by atoms with Crippen molar-refractivity contribution in [2.75, 3.05) is 0 Å². The molecule has 0 spiro atoms. The third kappa shape index (κ3) is 1.31. The third-order valence-corrected chi connectivity index (χ3v) is 1.31. The van der Waals surface area contributed by atoms with Gasteiger partial charge in [-0.15, -0.1) is 0 Å². The summed E-state index contributed by atoms with van der Waals surface area (Å²) >= 11 is 0. The SMILES string of the molecule is [2H]c1nc(CC)[nH]c1CC. The number of aromatic nitrogens is 2. The average molecular weight is 125 g/mol. The summed E-state index contributed by atoms with van der Waals surface area (Å²) in [6.45, 7) is 4.04. The van der Waals surface area contributed by atoms with E-state index in [1.165, 1.54) is 0 Å². The second-order valence-corrected chi connectivity index (χ2v) is 1.98. The van der Waals surface area contributed by atoms with Crippen molar-refractivity contribution in [1.29, 1.82) is 0 Å². The molecule has 1 aromatic rings. The van der Waals surface area contributed by atoms with Gasteiger partial charge in [-0.2, -0.15) is 0 Å². The van der Waals surface area contributed by atoms with Crippen LogP contribution in [0.1, 0.15) is 26.7 Å². The van der Waals surface area contributed by atoms with Gasteiger partial charge in [0.2, 0.25) is 0 Å². The standard InChI is InChI=1S/C7H12N2/c1-3-6-5-8-7(4-2)9-6/h5H,3-4H2,1-2H3,(H,8,9)/i5D. The molecular formula is C7H12N2. The molecule has 0 saturated carbocycles. The zero-order chi connectivity index (χ0) is 7.56. The van der Waals surface area contributed by atoms with Crippen LogP contribution in [0.5, 0.6) is 0 Å². The molecule has 1 aromatic heterocycles. The highest BCUT2D eigenvalue weighted by Gasteiger charge is 1.93. The van der Waals surface area contributed by atoms with Gasteiger partial charge < -0.3 is 4.98 Å². The topological polar surface area (TPSA) is 28.7 Å². The first-order chi connectivity index (χ1) is 4.77. The first-order valence-corrected chi connectivity index (χ1v) is 3.32. The minimum atomic E-state index is 0.402. The third-order valence-electron chi connectivity index (χ3n) is 1.31. The molecular weight excluding hydrogens is 112 g/mol. The van der Waals surface area contributed by atoms with Crippen molar-refractivity contribution in [3.8, 4) is 0 Å². The van der Waals surface area contributed by atoms with Crippen molar-refractivity contribution in [2.24, 2.45) is 0 Å². The number of H-pyrrole nitrogens is 1. The van der Waals surface area contributed by atoms with E-state index in [0.29, 0.717) is 6.17 Å². The summed E-state index contributed by atoms with van der Waals surface area (Å²) in [5.41, 5.74) is 0.942. The smallest absolute Gasteiger partial charge is 0.105 e. The molecule has 0 saturated heterocycles. The molecule has 9 heavy (non-hydrogen) atoms. The van der Waals surface area contributed by atoms with Crippen molar-refractivity contribution in [3.63, 3.8) is 0 Å². The number of aryl methyl sites for hydroxylation is 2. The molecule has 0 radical (unpaired) electrons. The van der Waals surface area contributed by atoms with Crippen LogP contribution in [0.2, 0.25) is 0 Å². The van der Waals surface area contributed by atoms with Gasteiger partial charge >= 0.3 is 0 Å². The predicted octanol–water partition coefficient (Wildman–Crippen LogP) is 1.53. The van der Waals surface area contributed by atoms with Crippen LogP contribution in [0.4, 0.5) is 0 Å². The number of nitrogens with zero attached hydrogens (tertiary/aromatic N) is 1. The molecule has 0 amide bonds. The fourth-order valence-electron chi connectivity index (χ4n) is 0.700. The van der Waals surface area contributed by atoms with Crippen LogP contribution >= 0.6 is 0 Å². The van der Waals surface area contributed by atoms with Crippen molar-refractivity contribution < 1.29 is 1.37 Å². The molecule has 2 nitrogen and oxygen atoms in total. The Bertz CT molecular complexity index is 217. The van der Waals surface area contributed by atoms with Crippen molar-refractivity contribution in [3.05, 3.63) is 17.7 Å². The molecule has 1 heterocycles. The van der Waals surface area contributed by atoms with E-state index in [2.05, 4.69) is 9.97 Å². The number of hydrogen-bond donors (Lipinski definition) is 1. The second kappa shape index (κ2) is 2.67. The Hall–Kier alpha value is -0.790. The van der Waals surface area contributed by atoms with E-state index in [4.69, 9.17) is 1.37 Å². The Balaban J connectivity index is 2.92. The van der Waals surface area contributed by atoms with Crippen LogP contribution in [-0.2, 0) is 12.8 Å². The van der Waals surface area contributed by atoms with E-state index < -0.39 is 0 Å². The monoisotopic (exact) mass is 125 g/mol. The highest BCUT2D eigenvalue weighted by Crippen LogP contribution is 1.96. The lowest BCUT2D eigenvalue weighted by molar-refractivity contribution is 0.963. The first-order valence-electron chi connectivity index (χ1n) is 3.82. The van der Waals surface area contributed by atoms with E-state index >= 15 is 0 Å². The zero-order valence-corrected chi connectivity index (χ0v) is 5.86. The lowest BCUT2D eigenvalue weighted by Gasteiger charge is -1.85. The van der Waals surface area contributed by atoms with Gasteiger partial charge in [-0.3, -0.25) is 0 Å². The summed E-state index contributed by atoms with van der Waals surface area (Å²) in [7, 11) is 0. The Morgan fingerprint density at radius 1 is 1.67 bits per heavy atom. The fourth-order valence-corrected chi connectivity index (χ4v) is 0.700. The van der Waals surface area contributed by atoms with Crippen LogP contribution in [0, 0.1) is 0 Å². The Morgan fingerprint density at radius 3 is 2.78 bits per heavy atom. The van der Waals surface area contributed by atoms with Gasteiger partial charge in [-0.05, 0) is 6.42 Å². The molecule has 1 rings (SSSR count). The number of rotatable bonds is 2. The van der Waals surface area contributed by atoms with E-state index in [9.17, 15) is 0 Å². The largest absolute Gasteiger partial charge is 0.346 e. The molecule has 0 unspecified atom stereocenters. The molecule has 0 aromatic carbocycles. The van der Waals surface area contributed by atoms with E-state index in [1.54, 1.807) is 0 Å². The maximum atomic E-state index is 7.35. The Labute approximate surface area is 56.7 Å². The molecule has 0 bridgehead atoms. The maximum Gasteiger partial charge on any atom is 0.105 e. The Morgan fingerprint density at radius 2 is 2.44 bits per heavy atom. The van der Waals surface area contributed by atoms with E-state index in [1.807, 2.05) is 13.8 Å². The highest BCUT2D eigenvalue weighted by molar-refractivity contribution is 5.00. The summed E-state index contributed by atoms with van der Waals surface area (Å²) in [6, 6.07) is 0. The lowest BCUT2D eigenvalue weighted by atomic mass is 10.4. The predicted molar refractivity (Wildman–Crippen MR) is 37.3 cm³/mol. The average Bonchev–Trinajstić information content (AvgIpc) is 2.30. The first kappa shape index (κ1) is 5.03. The quantitative estimate of drug-likeness (QED) is 0.638. The molecule has 0 fully saturated rings. The molecule has 50 valence electrons. The number of imidazole rings is 1. The fraction of sp³-hybridized carbons (Fsp3) is 0.571. The maximum absolute atomic E-state index is 7.35. The van der Waals surface area contributed by atoms with E-state index in [-0.39, 0.29) is 0 Å². The van der Waals surface area contributed by atoms with Crippen molar-refractivity contribution in [2.45, 2.75) is 26.7 Å². The zero-order valence-electron chi connectivity index (χ0n) is 6.86. The molecule has 1 N–H and O–H groups in total. The summed E-state index contributed by atoms with van der Waals surface area (Å²) < 4.78 is 7.35. The van der Waals surface area contributed by atoms with Gasteiger partial charge in [0.05, 0.1) is 1.37 Å². The summed E-state index contributed by atoms with van der Waals surface area (Å²) in [5, 5.41) is 0. The molecule has 0 atom stereocenters. The molecule has 0 aliphatic heterocycles. The van der Waals surface area contributed by atoms with Crippen molar-refractivity contribution >= 4 is 0 Å². The van der Waals surface area contributed by atoms with Crippen LogP contribution in [0.15, 0.2) is 6.17 Å². The van der Waals surface area contributed by atoms with Gasteiger partial charge in [0.1, 0.15) is 5.82 Å². The van der Waals surface area contributed by atoms with Crippen LogP contribution in [-0.4, -0.2) is 9.97 Å². The van der Waals surface area contributed by atoms with Crippen LogP contribution in [0.25, 0.3) is 0 Å². The van der Waals surface area contributed by atoms with Gasteiger partial charge in [0.15, 0.2) is 0 Å². The number of nitrogens with one attached hydrogen (secondary N) is 1.